The van der Waals surface area contributed by atoms with Gasteiger partial charge in [-0.2, -0.15) is 0 Å². The third-order valence-electron chi connectivity index (χ3n) is 2.32. The van der Waals surface area contributed by atoms with E-state index in [0.29, 0.717) is 17.8 Å². The molecule has 0 saturated carbocycles. The van der Waals surface area contributed by atoms with Gasteiger partial charge in [-0.25, -0.2) is 0 Å². The molecule has 0 aliphatic carbocycles. The third kappa shape index (κ3) is 2.95. The molecule has 1 rings (SSSR count). The molecule has 5 heteroatoms. The number of nitrogens with zero attached hydrogens (tertiary/aromatic N) is 3. The van der Waals surface area contributed by atoms with Crippen LogP contribution in [0.25, 0.3) is 0 Å². The fourth-order valence-electron chi connectivity index (χ4n) is 1.31. The number of hydrogen-bond acceptors (Lipinski definition) is 4. The average molecular weight is 228 g/mol. The van der Waals surface area contributed by atoms with Crippen LogP contribution >= 0.6 is 11.8 Å². The van der Waals surface area contributed by atoms with Gasteiger partial charge >= 0.3 is 0 Å². The molecule has 1 heterocycles. The molecule has 0 radical (unpaired) electrons. The number of hydrogen-bond donors (Lipinski definition) is 1. The van der Waals surface area contributed by atoms with E-state index in [-0.39, 0.29) is 0 Å². The van der Waals surface area contributed by atoms with E-state index >= 15 is 0 Å². The number of rotatable bonds is 5. The van der Waals surface area contributed by atoms with Crippen molar-refractivity contribution in [3.8, 4) is 0 Å². The SMILES string of the molecule is CCC(C)Sc1nnc(CN)n1C(C)C. The average Bonchev–Trinajstić information content (AvgIpc) is 2.60. The highest BCUT2D eigenvalue weighted by Crippen LogP contribution is 2.26. The first-order chi connectivity index (χ1) is 7.10. The summed E-state index contributed by atoms with van der Waals surface area (Å²) in [5.41, 5.74) is 5.63. The minimum absolute atomic E-state index is 0.366. The Hall–Kier alpha value is -0.550. The Balaban J connectivity index is 2.92. The third-order valence-corrected chi connectivity index (χ3v) is 3.54. The summed E-state index contributed by atoms with van der Waals surface area (Å²) in [6, 6.07) is 0.366. The van der Waals surface area contributed by atoms with Gasteiger partial charge in [-0.15, -0.1) is 10.2 Å². The molecule has 1 unspecified atom stereocenters. The summed E-state index contributed by atoms with van der Waals surface area (Å²) in [5, 5.41) is 9.86. The minimum Gasteiger partial charge on any atom is -0.324 e. The van der Waals surface area contributed by atoms with Crippen molar-refractivity contribution in [3.05, 3.63) is 5.82 Å². The Morgan fingerprint density at radius 2 is 2.00 bits per heavy atom. The molecule has 1 atom stereocenters. The molecule has 0 amide bonds. The largest absolute Gasteiger partial charge is 0.324 e. The second kappa shape index (κ2) is 5.51. The monoisotopic (exact) mass is 228 g/mol. The topological polar surface area (TPSA) is 56.7 Å². The Bertz CT molecular complexity index is 308. The molecule has 0 fully saturated rings. The standard InChI is InChI=1S/C10H20N4S/c1-5-8(4)15-10-13-12-9(6-11)14(10)7(2)3/h7-8H,5-6,11H2,1-4H3. The lowest BCUT2D eigenvalue weighted by atomic mass is 10.4. The van der Waals surface area contributed by atoms with E-state index in [1.54, 1.807) is 11.8 Å². The fourth-order valence-corrected chi connectivity index (χ4v) is 2.35. The van der Waals surface area contributed by atoms with E-state index in [2.05, 4.69) is 42.5 Å². The molecule has 1 aromatic rings. The first kappa shape index (κ1) is 12.5. The molecule has 0 spiro atoms. The van der Waals surface area contributed by atoms with Crippen molar-refractivity contribution in [2.24, 2.45) is 5.73 Å². The van der Waals surface area contributed by atoms with E-state index in [9.17, 15) is 0 Å². The first-order valence-electron chi connectivity index (χ1n) is 5.40. The lowest BCUT2D eigenvalue weighted by Crippen LogP contribution is -2.12. The van der Waals surface area contributed by atoms with Gasteiger partial charge in [-0.1, -0.05) is 25.6 Å². The quantitative estimate of drug-likeness (QED) is 0.785. The summed E-state index contributed by atoms with van der Waals surface area (Å²) in [7, 11) is 0. The highest BCUT2D eigenvalue weighted by atomic mass is 32.2. The van der Waals surface area contributed by atoms with Crippen molar-refractivity contribution in [2.45, 2.75) is 57.1 Å². The van der Waals surface area contributed by atoms with E-state index in [1.807, 2.05) is 0 Å². The van der Waals surface area contributed by atoms with Gasteiger partial charge in [0.15, 0.2) is 5.16 Å². The molecule has 86 valence electrons. The van der Waals surface area contributed by atoms with Gasteiger partial charge in [0.1, 0.15) is 5.82 Å². The molecule has 4 nitrogen and oxygen atoms in total. The Morgan fingerprint density at radius 3 is 2.47 bits per heavy atom. The second-order valence-electron chi connectivity index (χ2n) is 3.90. The van der Waals surface area contributed by atoms with Crippen molar-refractivity contribution in [2.75, 3.05) is 0 Å². The van der Waals surface area contributed by atoms with Gasteiger partial charge < -0.3 is 10.3 Å². The zero-order valence-corrected chi connectivity index (χ0v) is 10.7. The van der Waals surface area contributed by atoms with Crippen LogP contribution < -0.4 is 5.73 Å². The Labute approximate surface area is 95.6 Å². The molecule has 15 heavy (non-hydrogen) atoms. The van der Waals surface area contributed by atoms with Gasteiger partial charge in [0.25, 0.3) is 0 Å². The molecule has 0 aromatic carbocycles. The van der Waals surface area contributed by atoms with E-state index in [4.69, 9.17) is 5.73 Å². The molecular formula is C10H20N4S. The van der Waals surface area contributed by atoms with Crippen LogP contribution in [0.3, 0.4) is 0 Å². The summed E-state index contributed by atoms with van der Waals surface area (Å²) in [6.07, 6.45) is 1.13. The predicted octanol–water partition coefficient (Wildman–Crippen LogP) is 2.21. The summed E-state index contributed by atoms with van der Waals surface area (Å²) >= 11 is 1.77. The smallest absolute Gasteiger partial charge is 0.191 e. The molecule has 0 aliphatic heterocycles. The zero-order valence-electron chi connectivity index (χ0n) is 9.90. The van der Waals surface area contributed by atoms with Crippen LogP contribution in [0, 0.1) is 0 Å². The maximum absolute atomic E-state index is 5.63. The van der Waals surface area contributed by atoms with E-state index in [0.717, 1.165) is 17.4 Å². The van der Waals surface area contributed by atoms with Gasteiger partial charge in [0.2, 0.25) is 0 Å². The summed E-state index contributed by atoms with van der Waals surface area (Å²) in [4.78, 5) is 0. The normalized spacial score (nSPS) is 13.5. The number of thioether (sulfide) groups is 1. The molecular weight excluding hydrogens is 208 g/mol. The molecule has 1 aromatic heterocycles. The summed E-state index contributed by atoms with van der Waals surface area (Å²) in [6.45, 7) is 9.09. The minimum atomic E-state index is 0.366. The van der Waals surface area contributed by atoms with Crippen LogP contribution in [-0.4, -0.2) is 20.0 Å². The van der Waals surface area contributed by atoms with Crippen LogP contribution in [0.4, 0.5) is 0 Å². The van der Waals surface area contributed by atoms with Crippen LogP contribution in [-0.2, 0) is 6.54 Å². The van der Waals surface area contributed by atoms with Gasteiger partial charge in [-0.05, 0) is 20.3 Å². The Morgan fingerprint density at radius 1 is 1.33 bits per heavy atom. The molecule has 0 bridgehead atoms. The number of aromatic nitrogens is 3. The van der Waals surface area contributed by atoms with Crippen molar-refractivity contribution >= 4 is 11.8 Å². The van der Waals surface area contributed by atoms with Crippen LogP contribution in [0.5, 0.6) is 0 Å². The van der Waals surface area contributed by atoms with E-state index in [1.165, 1.54) is 0 Å². The van der Waals surface area contributed by atoms with E-state index < -0.39 is 0 Å². The lowest BCUT2D eigenvalue weighted by Gasteiger charge is -2.14. The fraction of sp³-hybridized carbons (Fsp3) is 0.800. The van der Waals surface area contributed by atoms with Gasteiger partial charge in [0, 0.05) is 11.3 Å². The number of nitrogens with two attached hydrogens (primary N) is 1. The molecule has 2 N–H and O–H groups in total. The van der Waals surface area contributed by atoms with Crippen molar-refractivity contribution in [3.63, 3.8) is 0 Å². The van der Waals surface area contributed by atoms with Crippen LogP contribution in [0.15, 0.2) is 5.16 Å². The first-order valence-corrected chi connectivity index (χ1v) is 6.28. The zero-order chi connectivity index (χ0) is 11.4. The highest BCUT2D eigenvalue weighted by molar-refractivity contribution is 7.99. The Kier molecular flexibility index (Phi) is 4.60. The molecule has 0 aliphatic rings. The maximum Gasteiger partial charge on any atom is 0.191 e. The van der Waals surface area contributed by atoms with Gasteiger partial charge in [-0.3, -0.25) is 0 Å². The van der Waals surface area contributed by atoms with Crippen molar-refractivity contribution < 1.29 is 0 Å². The predicted molar refractivity (Wildman–Crippen MR) is 63.9 cm³/mol. The van der Waals surface area contributed by atoms with Crippen LogP contribution in [0.1, 0.15) is 46.0 Å². The van der Waals surface area contributed by atoms with Crippen molar-refractivity contribution in [1.29, 1.82) is 0 Å². The summed E-state index contributed by atoms with van der Waals surface area (Å²) < 4.78 is 2.12. The summed E-state index contributed by atoms with van der Waals surface area (Å²) in [5.74, 6) is 0.871. The lowest BCUT2D eigenvalue weighted by molar-refractivity contribution is 0.525. The highest BCUT2D eigenvalue weighted by Gasteiger charge is 2.15. The van der Waals surface area contributed by atoms with Gasteiger partial charge in [0.05, 0.1) is 6.54 Å². The second-order valence-corrected chi connectivity index (χ2v) is 5.31. The molecule has 0 saturated heterocycles. The van der Waals surface area contributed by atoms with Crippen molar-refractivity contribution in [1.82, 2.24) is 14.8 Å². The van der Waals surface area contributed by atoms with Crippen LogP contribution in [0.2, 0.25) is 0 Å². The maximum atomic E-state index is 5.63.